The molecule has 0 radical (unpaired) electrons. The Morgan fingerprint density at radius 3 is 1.06 bits per heavy atom. The third-order valence-corrected chi connectivity index (χ3v) is 32.0. The summed E-state index contributed by atoms with van der Waals surface area (Å²) in [4.78, 5) is 34.5. The van der Waals surface area contributed by atoms with Crippen molar-refractivity contribution in [3.05, 3.63) is 437 Å². The second-order valence-electron chi connectivity index (χ2n) is 34.2. The molecular weight excluding hydrogens is 1740 g/mol. The average Bonchev–Trinajstić information content (AvgIpc) is 1.58. The highest BCUT2D eigenvalue weighted by Crippen LogP contribution is 2.50. The zero-order chi connectivity index (χ0) is 88.7. The van der Waals surface area contributed by atoms with Crippen molar-refractivity contribution in [2.75, 3.05) is 0 Å². The van der Waals surface area contributed by atoms with Crippen molar-refractivity contribution in [2.45, 2.75) is 0 Å². The normalized spacial score (nSPS) is 11.9. The molecule has 29 aromatic rings. The van der Waals surface area contributed by atoms with E-state index in [1.165, 1.54) is 141 Å². The zero-order valence-corrected chi connectivity index (χ0v) is 76.3. The van der Waals surface area contributed by atoms with Crippen LogP contribution in [0, 0.1) is 0 Å². The first-order valence-corrected chi connectivity index (χ1v) is 49.3. The molecule has 0 unspecified atom stereocenters. The Morgan fingerprint density at radius 2 is 0.533 bits per heavy atom. The van der Waals surface area contributed by atoms with E-state index >= 15 is 0 Å². The summed E-state index contributed by atoms with van der Waals surface area (Å²) < 4.78 is 13.6. The highest BCUT2D eigenvalue weighted by molar-refractivity contribution is 7.27. The molecule has 19 aromatic carbocycles. The summed E-state index contributed by atoms with van der Waals surface area (Å²) in [7, 11) is 0. The van der Waals surface area contributed by atoms with E-state index in [-0.39, 0.29) is 0 Å². The van der Waals surface area contributed by atoms with Crippen LogP contribution in [0.25, 0.3) is 268 Å². The van der Waals surface area contributed by atoms with Crippen molar-refractivity contribution in [2.24, 2.45) is 0 Å². The lowest BCUT2D eigenvalue weighted by atomic mass is 9.99. The molecule has 0 atom stereocenters. The van der Waals surface area contributed by atoms with Crippen molar-refractivity contribution in [1.82, 2.24) is 39.0 Å². The van der Waals surface area contributed by atoms with Gasteiger partial charge in [-0.3, -0.25) is 0 Å². The van der Waals surface area contributed by atoms with E-state index in [9.17, 15) is 0 Å². The maximum atomic E-state index is 5.41. The standard InChI is InChI=1S/2C44H27N3S.C34H18N2S3/c1-3-13-29(14-4-1)41-40-36-20-9-10-21-39(36)48-44(40)46-43(45-41)32-16-11-15-30(26-32)31-23-25-38-37(27-31)35-24-22-28-12-7-8-19-34(28)42(35)47(38)33-17-5-2-6-18-33;1-3-12-28(13-4-1)42-41-35-20-9-10-21-40(35)48-44(41)46-43(45-42)33-17-11-16-29(24-33)32-22-23-38-36(26-32)37-25-30-14-7-8-15-31(30)27-39(37)47(38)34-18-5-2-6-19-34;1-4-16-26-19(9-1)21-12-7-14-24(31(21)37-26)30-29-23-11-3-6-18-28(23)39-34(29)36-33(35-30)25-15-8-13-22-20-10-2-5-17-27(20)38-32(22)25/h2*1-27H;1-18H. The van der Waals surface area contributed by atoms with Gasteiger partial charge in [-0.2, -0.15) is 0 Å². The van der Waals surface area contributed by atoms with E-state index in [1.54, 1.807) is 34.0 Å². The van der Waals surface area contributed by atoms with Gasteiger partial charge >= 0.3 is 0 Å². The highest BCUT2D eigenvalue weighted by atomic mass is 32.1. The van der Waals surface area contributed by atoms with E-state index in [2.05, 4.69) is 446 Å². The summed E-state index contributed by atoms with van der Waals surface area (Å²) >= 11 is 8.89. The monoisotopic (exact) mass is 1810 g/mol. The molecule has 0 amide bonds. The van der Waals surface area contributed by atoms with Gasteiger partial charge in [0.1, 0.15) is 14.5 Å². The quantitative estimate of drug-likeness (QED) is 0.136. The molecule has 10 heterocycles. The molecule has 0 aliphatic carbocycles. The molecule has 8 nitrogen and oxygen atoms in total. The Hall–Kier alpha value is -16.4. The summed E-state index contributed by atoms with van der Waals surface area (Å²) in [6.45, 7) is 0. The van der Waals surface area contributed by atoms with Gasteiger partial charge in [-0.05, 0) is 148 Å². The van der Waals surface area contributed by atoms with Crippen molar-refractivity contribution >= 4 is 223 Å². The van der Waals surface area contributed by atoms with E-state index in [4.69, 9.17) is 29.9 Å². The van der Waals surface area contributed by atoms with Crippen LogP contribution in [0.1, 0.15) is 0 Å². The smallest absolute Gasteiger partial charge is 0.162 e. The van der Waals surface area contributed by atoms with E-state index in [1.807, 2.05) is 22.7 Å². The lowest BCUT2D eigenvalue weighted by Crippen LogP contribution is -1.94. The number of rotatable bonds is 10. The fourth-order valence-corrected chi connectivity index (χ4v) is 25.8. The third-order valence-electron chi connectivity index (χ3n) is 26.3. The lowest BCUT2D eigenvalue weighted by Gasteiger charge is -2.10. The number of benzene rings is 19. The number of hydrogen-bond acceptors (Lipinski definition) is 11. The van der Waals surface area contributed by atoms with Crippen LogP contribution in [0.15, 0.2) is 437 Å². The van der Waals surface area contributed by atoms with Crippen LogP contribution >= 0.6 is 56.7 Å². The SMILES string of the molecule is c1ccc(-c2nc(-c3cccc(-c4ccc5c(c4)c4cc6ccccc6cc4n5-c4ccccc4)c3)nc3sc4ccccc4c23)cc1.c1ccc(-c2nc(-c3cccc(-c4ccc5c(c4)c4ccc6ccccc6c4n5-c4ccccc4)c3)nc3sc4ccccc4c23)cc1.c1ccc2c(c1)sc1c(-c3nc(-c4cccc5c4sc4ccccc45)c4c(n3)sc3ccccc34)cccc12. The van der Waals surface area contributed by atoms with Gasteiger partial charge in [0.25, 0.3) is 0 Å². The first-order chi connectivity index (χ1) is 66.9. The molecule has 0 N–H and O–H groups in total. The largest absolute Gasteiger partial charge is 0.309 e. The van der Waals surface area contributed by atoms with Gasteiger partial charge in [0, 0.05) is 158 Å². The fourth-order valence-electron chi connectivity index (χ4n) is 20.1. The van der Waals surface area contributed by atoms with Gasteiger partial charge in [0.15, 0.2) is 17.5 Å². The van der Waals surface area contributed by atoms with E-state index in [0.717, 1.165) is 127 Å². The van der Waals surface area contributed by atoms with Gasteiger partial charge in [0.2, 0.25) is 0 Å². The molecule has 0 fully saturated rings. The fraction of sp³-hybridized carbons (Fsp3) is 0. The first-order valence-electron chi connectivity index (χ1n) is 45.2. The van der Waals surface area contributed by atoms with Gasteiger partial charge in [0.05, 0.1) is 39.1 Å². The third kappa shape index (κ3) is 13.3. The van der Waals surface area contributed by atoms with Crippen molar-refractivity contribution in [3.63, 3.8) is 0 Å². The average molecular weight is 1810 g/mol. The second-order valence-corrected chi connectivity index (χ2v) is 39.4. The number of hydrogen-bond donors (Lipinski definition) is 0. The van der Waals surface area contributed by atoms with Gasteiger partial charge in [-0.15, -0.1) is 56.7 Å². The molecular formula is C122H72N8S5. The molecule has 0 saturated heterocycles. The predicted molar refractivity (Wildman–Crippen MR) is 578 cm³/mol. The molecule has 135 heavy (non-hydrogen) atoms. The van der Waals surface area contributed by atoms with Crippen LogP contribution in [-0.2, 0) is 0 Å². The Bertz CT molecular complexity index is 9640. The summed E-state index contributed by atoms with van der Waals surface area (Å²) in [5, 5.41) is 22.1. The minimum absolute atomic E-state index is 0.739. The van der Waals surface area contributed by atoms with E-state index in [0.29, 0.717) is 0 Å². The lowest BCUT2D eigenvalue weighted by molar-refractivity contribution is 1.18. The topological polar surface area (TPSA) is 87.2 Å². The van der Waals surface area contributed by atoms with Gasteiger partial charge < -0.3 is 9.13 Å². The molecule has 0 bridgehead atoms. The van der Waals surface area contributed by atoms with Crippen molar-refractivity contribution in [1.29, 1.82) is 0 Å². The summed E-state index contributed by atoms with van der Waals surface area (Å²) in [6, 6.07) is 156. The molecule has 0 saturated carbocycles. The number of fused-ring (bicyclic) bond motifs is 24. The molecule has 13 heteroatoms. The second kappa shape index (κ2) is 32.3. The number of nitrogens with zero attached hydrogens (tertiary/aromatic N) is 8. The maximum Gasteiger partial charge on any atom is 0.162 e. The maximum absolute atomic E-state index is 5.41. The summed E-state index contributed by atoms with van der Waals surface area (Å²) in [6.07, 6.45) is 0. The summed E-state index contributed by atoms with van der Waals surface area (Å²) in [5.74, 6) is 2.27. The molecule has 0 aliphatic heterocycles. The van der Waals surface area contributed by atoms with Crippen molar-refractivity contribution in [3.8, 4) is 102 Å². The Balaban J connectivity index is 0.000000103. The highest BCUT2D eigenvalue weighted by Gasteiger charge is 2.26. The number of para-hydroxylation sites is 2. The predicted octanol–water partition coefficient (Wildman–Crippen LogP) is 35.1. The molecule has 29 rings (SSSR count). The zero-order valence-electron chi connectivity index (χ0n) is 72.2. The number of thiophene rings is 5. The minimum atomic E-state index is 0.739. The Labute approximate surface area is 793 Å². The molecule has 0 aliphatic rings. The van der Waals surface area contributed by atoms with Gasteiger partial charge in [-0.25, -0.2) is 29.9 Å². The van der Waals surface area contributed by atoms with E-state index < -0.39 is 0 Å². The Morgan fingerprint density at radius 1 is 0.178 bits per heavy atom. The van der Waals surface area contributed by atoms with Crippen LogP contribution in [0.4, 0.5) is 0 Å². The van der Waals surface area contributed by atoms with Crippen LogP contribution < -0.4 is 0 Å². The Kier molecular flexibility index (Phi) is 18.8. The number of aromatic nitrogens is 8. The van der Waals surface area contributed by atoms with Crippen LogP contribution in [0.2, 0.25) is 0 Å². The van der Waals surface area contributed by atoms with Gasteiger partial charge in [-0.1, -0.05) is 328 Å². The van der Waals surface area contributed by atoms with Crippen LogP contribution in [-0.4, -0.2) is 39.0 Å². The van der Waals surface area contributed by atoms with Crippen LogP contribution in [0.3, 0.4) is 0 Å². The summed E-state index contributed by atoms with van der Waals surface area (Å²) in [5.41, 5.74) is 21.2. The molecule has 0 spiro atoms. The molecule has 630 valence electrons. The van der Waals surface area contributed by atoms with Crippen molar-refractivity contribution < 1.29 is 0 Å². The first kappa shape index (κ1) is 78.5. The van der Waals surface area contributed by atoms with Crippen LogP contribution in [0.5, 0.6) is 0 Å². The molecule has 10 aromatic heterocycles. The minimum Gasteiger partial charge on any atom is -0.309 e.